The first-order valence-electron chi connectivity index (χ1n) is 10.9. The van der Waals surface area contributed by atoms with E-state index < -0.39 is 10.0 Å². The van der Waals surface area contributed by atoms with Crippen molar-refractivity contribution in [3.63, 3.8) is 0 Å². The van der Waals surface area contributed by atoms with Gasteiger partial charge in [0.2, 0.25) is 10.0 Å². The van der Waals surface area contributed by atoms with Crippen molar-refractivity contribution < 1.29 is 8.42 Å². The number of hydrogen-bond donors (Lipinski definition) is 2. The number of nitrogens with zero attached hydrogens (tertiary/aromatic N) is 3. The Labute approximate surface area is 164 Å². The maximum Gasteiger partial charge on any atom is 0.208 e. The molecule has 8 heteroatoms. The Balaban J connectivity index is 1.22. The van der Waals surface area contributed by atoms with Crippen LogP contribution in [0.25, 0.3) is 0 Å². The van der Waals surface area contributed by atoms with E-state index in [-0.39, 0.29) is 0 Å². The zero-order valence-electron chi connectivity index (χ0n) is 16.8. The van der Waals surface area contributed by atoms with Crippen LogP contribution in [0.5, 0.6) is 0 Å². The summed E-state index contributed by atoms with van der Waals surface area (Å²) in [6.45, 7) is 10.0. The first-order valence-corrected chi connectivity index (χ1v) is 12.8. The number of piperazine rings is 1. The van der Waals surface area contributed by atoms with E-state index >= 15 is 0 Å². The molecule has 5 fully saturated rings. The van der Waals surface area contributed by atoms with Gasteiger partial charge in [0.25, 0.3) is 0 Å². The number of sulfonamides is 1. The van der Waals surface area contributed by atoms with Gasteiger partial charge in [-0.25, -0.2) is 13.1 Å². The van der Waals surface area contributed by atoms with Gasteiger partial charge in [-0.15, -0.1) is 0 Å². The monoisotopic (exact) mass is 399 g/mol. The van der Waals surface area contributed by atoms with Crippen LogP contribution in [0.4, 0.5) is 0 Å². The highest BCUT2D eigenvalue weighted by Crippen LogP contribution is 2.36. The second-order valence-electron chi connectivity index (χ2n) is 9.12. The van der Waals surface area contributed by atoms with Gasteiger partial charge in [0.1, 0.15) is 0 Å². The molecule has 5 aliphatic rings. The summed E-state index contributed by atoms with van der Waals surface area (Å²) in [4.78, 5) is 7.86. The molecule has 5 heterocycles. The van der Waals surface area contributed by atoms with Gasteiger partial charge in [0.05, 0.1) is 12.4 Å². The molecule has 0 aromatic heterocycles. The molecule has 0 radical (unpaired) electrons. The summed E-state index contributed by atoms with van der Waals surface area (Å²) in [6.07, 6.45) is 8.31. The fourth-order valence-corrected chi connectivity index (χ4v) is 6.15. The molecular weight excluding hydrogens is 362 g/mol. The molecule has 0 spiro atoms. The molecule has 7 nitrogen and oxygen atoms in total. The summed E-state index contributed by atoms with van der Waals surface area (Å²) in [5, 5.41) is 3.69. The van der Waals surface area contributed by atoms with Crippen molar-refractivity contribution in [2.24, 2.45) is 11.8 Å². The van der Waals surface area contributed by atoms with Crippen LogP contribution in [-0.4, -0.2) is 100 Å². The number of nitrogens with one attached hydrogen (secondary N) is 2. The van der Waals surface area contributed by atoms with Crippen LogP contribution in [0.1, 0.15) is 32.1 Å². The molecule has 5 saturated heterocycles. The topological polar surface area (TPSA) is 67.9 Å². The summed E-state index contributed by atoms with van der Waals surface area (Å²) in [6, 6.07) is 0.393. The minimum Gasteiger partial charge on any atom is -0.302 e. The second kappa shape index (κ2) is 8.63. The predicted molar refractivity (Wildman–Crippen MR) is 108 cm³/mol. The smallest absolute Gasteiger partial charge is 0.208 e. The summed E-state index contributed by atoms with van der Waals surface area (Å²) in [5.74, 6) is 1.52. The molecule has 0 amide bonds. The van der Waals surface area contributed by atoms with E-state index in [1.54, 1.807) is 0 Å². The van der Waals surface area contributed by atoms with E-state index in [1.165, 1.54) is 71.2 Å². The van der Waals surface area contributed by atoms with Gasteiger partial charge in [0.15, 0.2) is 0 Å². The summed E-state index contributed by atoms with van der Waals surface area (Å²) in [5.41, 5.74) is 0. The molecule has 2 bridgehead atoms. The molecular formula is C19H37N5O2S. The molecule has 0 aromatic carbocycles. The van der Waals surface area contributed by atoms with Gasteiger partial charge in [-0.1, -0.05) is 0 Å². The Kier molecular flexibility index (Phi) is 6.41. The van der Waals surface area contributed by atoms with Crippen LogP contribution in [0.2, 0.25) is 0 Å². The predicted octanol–water partition coefficient (Wildman–Crippen LogP) is -0.0368. The van der Waals surface area contributed by atoms with Gasteiger partial charge in [0, 0.05) is 51.9 Å². The maximum atomic E-state index is 11.4. The average Bonchev–Trinajstić information content (AvgIpc) is 2.68. The van der Waals surface area contributed by atoms with Gasteiger partial charge in [-0.3, -0.25) is 9.80 Å². The van der Waals surface area contributed by atoms with Gasteiger partial charge in [-0.2, -0.15) is 0 Å². The maximum absolute atomic E-state index is 11.4. The van der Waals surface area contributed by atoms with Crippen molar-refractivity contribution in [1.82, 2.24) is 24.7 Å². The van der Waals surface area contributed by atoms with Gasteiger partial charge >= 0.3 is 0 Å². The summed E-state index contributed by atoms with van der Waals surface area (Å²) < 4.78 is 25.5. The van der Waals surface area contributed by atoms with Crippen LogP contribution in [0.15, 0.2) is 0 Å². The average molecular weight is 400 g/mol. The Morgan fingerprint density at radius 1 is 1.04 bits per heavy atom. The number of hydrogen-bond acceptors (Lipinski definition) is 6. The Bertz CT molecular complexity index is 587. The van der Waals surface area contributed by atoms with Gasteiger partial charge < -0.3 is 10.2 Å². The lowest BCUT2D eigenvalue weighted by molar-refractivity contribution is -0.0198. The van der Waals surface area contributed by atoms with Crippen molar-refractivity contribution in [1.29, 1.82) is 0 Å². The standard InChI is InChI=1S/C19H37N5O2S/c1-27(25,26)21-13-18-12-16-5-7-24(18)15-17(16)14-22-8-10-23(11-9-22)19-4-2-3-6-20-19/h16-21H,2-15H2,1H3. The zero-order chi connectivity index (χ0) is 18.9. The minimum atomic E-state index is -3.09. The van der Waals surface area contributed by atoms with Crippen molar-refractivity contribution in [2.45, 2.75) is 44.3 Å². The van der Waals surface area contributed by atoms with Gasteiger partial charge in [-0.05, 0) is 57.0 Å². The van der Waals surface area contributed by atoms with Crippen LogP contribution in [0.3, 0.4) is 0 Å². The van der Waals surface area contributed by atoms with E-state index in [1.807, 2.05) is 0 Å². The largest absolute Gasteiger partial charge is 0.302 e. The lowest BCUT2D eigenvalue weighted by Gasteiger charge is -2.51. The lowest BCUT2D eigenvalue weighted by atomic mass is 9.75. The van der Waals surface area contributed by atoms with Crippen molar-refractivity contribution >= 4 is 10.0 Å². The van der Waals surface area contributed by atoms with E-state index in [4.69, 9.17) is 0 Å². The van der Waals surface area contributed by atoms with E-state index in [9.17, 15) is 8.42 Å². The van der Waals surface area contributed by atoms with Crippen molar-refractivity contribution in [2.75, 3.05) is 65.2 Å². The molecule has 5 rings (SSSR count). The SMILES string of the molecule is CS(=O)(=O)NCC1CC2CCN1CC2CN1CCN(C2CCCCN2)CC1. The molecule has 0 saturated carbocycles. The first-order chi connectivity index (χ1) is 13.0. The minimum absolute atomic E-state index is 0.393. The molecule has 0 aliphatic carbocycles. The van der Waals surface area contributed by atoms with E-state index in [0.717, 1.165) is 31.3 Å². The third-order valence-corrected chi connectivity index (χ3v) is 7.91. The van der Waals surface area contributed by atoms with Crippen molar-refractivity contribution in [3.8, 4) is 0 Å². The highest BCUT2D eigenvalue weighted by Gasteiger charge is 2.41. The van der Waals surface area contributed by atoms with Crippen LogP contribution >= 0.6 is 0 Å². The number of piperidine rings is 4. The van der Waals surface area contributed by atoms with E-state index in [0.29, 0.717) is 18.8 Å². The fourth-order valence-electron chi connectivity index (χ4n) is 5.65. The molecule has 5 unspecified atom stereocenters. The third-order valence-electron chi connectivity index (χ3n) is 7.22. The quantitative estimate of drug-likeness (QED) is 0.654. The molecule has 27 heavy (non-hydrogen) atoms. The second-order valence-corrected chi connectivity index (χ2v) is 10.9. The summed E-state index contributed by atoms with van der Waals surface area (Å²) >= 11 is 0. The highest BCUT2D eigenvalue weighted by molar-refractivity contribution is 7.88. The molecule has 2 N–H and O–H groups in total. The lowest BCUT2D eigenvalue weighted by Crippen LogP contribution is -2.60. The summed E-state index contributed by atoms with van der Waals surface area (Å²) in [7, 11) is -3.09. The Morgan fingerprint density at radius 3 is 2.48 bits per heavy atom. The third kappa shape index (κ3) is 5.22. The number of rotatable bonds is 6. The van der Waals surface area contributed by atoms with Crippen LogP contribution in [-0.2, 0) is 10.0 Å². The van der Waals surface area contributed by atoms with Crippen LogP contribution in [0, 0.1) is 11.8 Å². The molecule has 156 valence electrons. The highest BCUT2D eigenvalue weighted by atomic mass is 32.2. The Morgan fingerprint density at radius 2 is 1.85 bits per heavy atom. The molecule has 5 aliphatic heterocycles. The molecule has 0 aromatic rings. The van der Waals surface area contributed by atoms with Crippen molar-refractivity contribution in [3.05, 3.63) is 0 Å². The zero-order valence-corrected chi connectivity index (χ0v) is 17.6. The Hall–Kier alpha value is -0.250. The molecule has 5 atom stereocenters. The number of fused-ring (bicyclic) bond motifs is 3. The first kappa shape index (κ1) is 20.0. The normalized spacial score (nSPS) is 38.9. The van der Waals surface area contributed by atoms with Crippen LogP contribution < -0.4 is 10.0 Å². The fraction of sp³-hybridized carbons (Fsp3) is 1.00. The van der Waals surface area contributed by atoms with E-state index in [2.05, 4.69) is 24.7 Å².